The van der Waals surface area contributed by atoms with Gasteiger partial charge in [-0.05, 0) is 6.92 Å². The summed E-state index contributed by atoms with van der Waals surface area (Å²) in [5.74, 6) is 0.610. The highest BCUT2D eigenvalue weighted by Gasteiger charge is 2.02. The van der Waals surface area contributed by atoms with Crippen LogP contribution in [0.5, 0.6) is 0 Å². The fraction of sp³-hybridized carbons (Fsp3) is 0.400. The average molecular weight is 155 g/mol. The van der Waals surface area contributed by atoms with E-state index in [-0.39, 0.29) is 18.4 Å². The molecule has 1 amide bonds. The van der Waals surface area contributed by atoms with E-state index in [4.69, 9.17) is 5.73 Å². The summed E-state index contributed by atoms with van der Waals surface area (Å²) in [6, 6.07) is 0. The van der Waals surface area contributed by atoms with Gasteiger partial charge in [-0.1, -0.05) is 0 Å². The van der Waals surface area contributed by atoms with Crippen molar-refractivity contribution in [1.82, 2.24) is 15.2 Å². The fourth-order valence-electron chi connectivity index (χ4n) is 0.574. The van der Waals surface area contributed by atoms with E-state index in [9.17, 15) is 4.79 Å². The maximum atomic E-state index is 10.7. The molecule has 1 rings (SSSR count). The van der Waals surface area contributed by atoms with Gasteiger partial charge in [0.1, 0.15) is 5.82 Å². The normalized spacial score (nSPS) is 9.64. The SMILES string of the molecule is Cc1nc(NC(=O)CN)n[nH]1. The Morgan fingerprint density at radius 1 is 1.82 bits per heavy atom. The number of aromatic nitrogens is 3. The highest BCUT2D eigenvalue weighted by molar-refractivity contribution is 5.90. The van der Waals surface area contributed by atoms with E-state index in [1.165, 1.54) is 0 Å². The molecule has 1 aromatic heterocycles. The summed E-state index contributed by atoms with van der Waals surface area (Å²) in [6.07, 6.45) is 0. The van der Waals surface area contributed by atoms with E-state index in [1.54, 1.807) is 6.92 Å². The smallest absolute Gasteiger partial charge is 0.248 e. The molecule has 0 radical (unpaired) electrons. The first-order chi connectivity index (χ1) is 5.22. The Kier molecular flexibility index (Phi) is 2.17. The van der Waals surface area contributed by atoms with Crippen LogP contribution >= 0.6 is 0 Å². The van der Waals surface area contributed by atoms with Crippen LogP contribution in [0.25, 0.3) is 0 Å². The van der Waals surface area contributed by atoms with Crippen molar-refractivity contribution in [3.63, 3.8) is 0 Å². The molecular formula is C5H9N5O. The third kappa shape index (κ3) is 2.01. The number of aromatic amines is 1. The zero-order valence-electron chi connectivity index (χ0n) is 6.09. The van der Waals surface area contributed by atoms with Crippen molar-refractivity contribution in [2.24, 2.45) is 5.73 Å². The minimum atomic E-state index is -0.302. The van der Waals surface area contributed by atoms with Crippen molar-refractivity contribution in [1.29, 1.82) is 0 Å². The van der Waals surface area contributed by atoms with Crippen LogP contribution in [0, 0.1) is 6.92 Å². The Morgan fingerprint density at radius 3 is 3.00 bits per heavy atom. The molecule has 0 bridgehead atoms. The van der Waals surface area contributed by atoms with Gasteiger partial charge in [0, 0.05) is 0 Å². The minimum Gasteiger partial charge on any atom is -0.322 e. The van der Waals surface area contributed by atoms with Gasteiger partial charge in [-0.3, -0.25) is 15.2 Å². The van der Waals surface area contributed by atoms with Crippen LogP contribution in [0.2, 0.25) is 0 Å². The predicted molar refractivity (Wildman–Crippen MR) is 38.8 cm³/mol. The number of nitrogens with two attached hydrogens (primary N) is 1. The highest BCUT2D eigenvalue weighted by atomic mass is 16.1. The van der Waals surface area contributed by atoms with E-state index in [1.807, 2.05) is 0 Å². The molecule has 60 valence electrons. The Balaban J connectivity index is 2.57. The number of anilines is 1. The number of hydrogen-bond acceptors (Lipinski definition) is 4. The summed E-state index contributed by atoms with van der Waals surface area (Å²) in [5.41, 5.74) is 5.05. The molecule has 6 heteroatoms. The van der Waals surface area contributed by atoms with Gasteiger partial charge in [0.25, 0.3) is 0 Å². The third-order valence-corrected chi connectivity index (χ3v) is 1.03. The molecule has 0 saturated carbocycles. The number of carbonyl (C=O) groups excluding carboxylic acids is 1. The summed E-state index contributed by atoms with van der Waals surface area (Å²) in [5, 5.41) is 8.66. The first-order valence-corrected chi connectivity index (χ1v) is 3.11. The summed E-state index contributed by atoms with van der Waals surface area (Å²) in [6.45, 7) is 1.68. The van der Waals surface area contributed by atoms with Gasteiger partial charge in [0.2, 0.25) is 11.9 Å². The maximum absolute atomic E-state index is 10.7. The molecule has 1 heterocycles. The van der Waals surface area contributed by atoms with Crippen LogP contribution in [0.3, 0.4) is 0 Å². The molecule has 1 aromatic rings. The molecular weight excluding hydrogens is 146 g/mol. The Morgan fingerprint density at radius 2 is 2.55 bits per heavy atom. The summed E-state index contributed by atoms with van der Waals surface area (Å²) in [4.78, 5) is 14.5. The van der Waals surface area contributed by atoms with Crippen LogP contribution < -0.4 is 11.1 Å². The maximum Gasteiger partial charge on any atom is 0.248 e. The first kappa shape index (κ1) is 7.67. The molecule has 0 aliphatic heterocycles. The molecule has 0 atom stereocenters. The third-order valence-electron chi connectivity index (χ3n) is 1.03. The van der Waals surface area contributed by atoms with Crippen LogP contribution in [0.1, 0.15) is 5.82 Å². The average Bonchev–Trinajstić information content (AvgIpc) is 2.35. The van der Waals surface area contributed by atoms with Gasteiger partial charge >= 0.3 is 0 Å². The second-order valence-electron chi connectivity index (χ2n) is 2.00. The van der Waals surface area contributed by atoms with Gasteiger partial charge in [0.05, 0.1) is 6.54 Å². The Hall–Kier alpha value is -1.43. The number of aryl methyl sites for hydroxylation is 1. The van der Waals surface area contributed by atoms with Crippen molar-refractivity contribution in [3.05, 3.63) is 5.82 Å². The molecule has 0 saturated heterocycles. The molecule has 0 fully saturated rings. The number of nitrogens with one attached hydrogen (secondary N) is 2. The Labute approximate surface area is 63.2 Å². The first-order valence-electron chi connectivity index (χ1n) is 3.11. The molecule has 0 aliphatic carbocycles. The van der Waals surface area contributed by atoms with E-state index in [0.717, 1.165) is 0 Å². The van der Waals surface area contributed by atoms with Gasteiger partial charge < -0.3 is 5.73 Å². The lowest BCUT2D eigenvalue weighted by atomic mass is 10.6. The number of rotatable bonds is 2. The van der Waals surface area contributed by atoms with Crippen LogP contribution in [0.4, 0.5) is 5.95 Å². The number of nitrogens with zero attached hydrogens (tertiary/aromatic N) is 2. The van der Waals surface area contributed by atoms with Gasteiger partial charge in [-0.2, -0.15) is 4.98 Å². The number of carbonyl (C=O) groups is 1. The monoisotopic (exact) mass is 155 g/mol. The molecule has 6 nitrogen and oxygen atoms in total. The van der Waals surface area contributed by atoms with Crippen LogP contribution in [-0.4, -0.2) is 27.6 Å². The topological polar surface area (TPSA) is 96.7 Å². The minimum absolute atomic E-state index is 0.0619. The number of hydrogen-bond donors (Lipinski definition) is 3. The second-order valence-corrected chi connectivity index (χ2v) is 2.00. The highest BCUT2D eigenvalue weighted by Crippen LogP contribution is 1.94. The van der Waals surface area contributed by atoms with Crippen molar-refractivity contribution in [2.45, 2.75) is 6.92 Å². The molecule has 0 spiro atoms. The standard InChI is InChI=1S/C5H9N5O/c1-3-7-5(10-9-3)8-4(11)2-6/h2,6H2,1H3,(H2,7,8,9,10,11). The van der Waals surface area contributed by atoms with Gasteiger partial charge in [-0.25, -0.2) is 0 Å². The molecule has 0 aliphatic rings. The van der Waals surface area contributed by atoms with Crippen molar-refractivity contribution in [2.75, 3.05) is 11.9 Å². The largest absolute Gasteiger partial charge is 0.322 e. The summed E-state index contributed by atoms with van der Waals surface area (Å²) >= 11 is 0. The molecule has 11 heavy (non-hydrogen) atoms. The lowest BCUT2D eigenvalue weighted by molar-refractivity contribution is -0.114. The van der Waals surface area contributed by atoms with E-state index < -0.39 is 0 Å². The lowest BCUT2D eigenvalue weighted by Gasteiger charge is -1.93. The van der Waals surface area contributed by atoms with Crippen molar-refractivity contribution < 1.29 is 4.79 Å². The molecule has 0 aromatic carbocycles. The number of H-pyrrole nitrogens is 1. The Bertz CT molecular complexity index is 255. The zero-order valence-corrected chi connectivity index (χ0v) is 6.09. The number of amides is 1. The molecule has 0 unspecified atom stereocenters. The van der Waals surface area contributed by atoms with Crippen LogP contribution in [0.15, 0.2) is 0 Å². The zero-order chi connectivity index (χ0) is 8.27. The van der Waals surface area contributed by atoms with E-state index >= 15 is 0 Å². The van der Waals surface area contributed by atoms with E-state index in [0.29, 0.717) is 5.82 Å². The van der Waals surface area contributed by atoms with Gasteiger partial charge in [0.15, 0.2) is 0 Å². The van der Waals surface area contributed by atoms with Crippen LogP contribution in [-0.2, 0) is 4.79 Å². The lowest BCUT2D eigenvalue weighted by Crippen LogP contribution is -2.22. The van der Waals surface area contributed by atoms with Crippen molar-refractivity contribution >= 4 is 11.9 Å². The quantitative estimate of drug-likeness (QED) is 0.510. The summed E-state index contributed by atoms with van der Waals surface area (Å²) < 4.78 is 0. The summed E-state index contributed by atoms with van der Waals surface area (Å²) in [7, 11) is 0. The molecule has 4 N–H and O–H groups in total. The fourth-order valence-corrected chi connectivity index (χ4v) is 0.574. The van der Waals surface area contributed by atoms with Gasteiger partial charge in [-0.15, -0.1) is 5.10 Å². The second kappa shape index (κ2) is 3.11. The van der Waals surface area contributed by atoms with E-state index in [2.05, 4.69) is 20.5 Å². The van der Waals surface area contributed by atoms with Crippen molar-refractivity contribution in [3.8, 4) is 0 Å². The predicted octanol–water partition coefficient (Wildman–Crippen LogP) is -0.990.